The summed E-state index contributed by atoms with van der Waals surface area (Å²) in [7, 11) is 0. The van der Waals surface area contributed by atoms with E-state index in [2.05, 4.69) is 20.6 Å². The van der Waals surface area contributed by atoms with Crippen LogP contribution < -0.4 is 10.6 Å². The molecule has 3 aromatic rings. The van der Waals surface area contributed by atoms with Crippen molar-refractivity contribution in [3.05, 3.63) is 82.9 Å². The van der Waals surface area contributed by atoms with Gasteiger partial charge in [-0.3, -0.25) is 9.78 Å². The van der Waals surface area contributed by atoms with Crippen molar-refractivity contribution < 1.29 is 18.0 Å². The fourth-order valence-electron chi connectivity index (χ4n) is 4.06. The van der Waals surface area contributed by atoms with Crippen LogP contribution >= 0.6 is 36.4 Å². The number of rotatable bonds is 5. The molecule has 2 atom stereocenters. The highest BCUT2D eigenvalue weighted by Crippen LogP contribution is 2.36. The molecule has 1 saturated heterocycles. The molecule has 0 bridgehead atoms. The Labute approximate surface area is 218 Å². The number of carbonyl (C=O) groups excluding carboxylic acids is 1. The van der Waals surface area contributed by atoms with Crippen LogP contribution in [0.5, 0.6) is 0 Å². The topological polar surface area (TPSA) is 66.9 Å². The summed E-state index contributed by atoms with van der Waals surface area (Å²) in [6.45, 7) is 0.794. The lowest BCUT2D eigenvalue weighted by Crippen LogP contribution is -2.46. The average Bonchev–Trinajstić information content (AvgIpc) is 2.83. The summed E-state index contributed by atoms with van der Waals surface area (Å²) in [5, 5.41) is 5.60. The third-order valence-corrected chi connectivity index (χ3v) is 6.07. The van der Waals surface area contributed by atoms with Gasteiger partial charge in [-0.05, 0) is 54.3 Å². The first kappa shape index (κ1) is 28.8. The Kier molecular flexibility index (Phi) is 10.3. The van der Waals surface area contributed by atoms with Crippen LogP contribution in [0.15, 0.2) is 61.1 Å². The summed E-state index contributed by atoms with van der Waals surface area (Å²) < 4.78 is 39.8. The Bertz CT molecular complexity index is 1130. The van der Waals surface area contributed by atoms with Crippen LogP contribution in [-0.4, -0.2) is 28.5 Å². The lowest BCUT2D eigenvalue weighted by atomic mass is 9.91. The number of hydrogen-bond donors (Lipinski definition) is 2. The summed E-state index contributed by atoms with van der Waals surface area (Å²) in [6, 6.07) is 11.6. The van der Waals surface area contributed by atoms with Gasteiger partial charge in [-0.1, -0.05) is 42.3 Å². The minimum Gasteiger partial charge on any atom is -0.342 e. The Morgan fingerprint density at radius 3 is 2.51 bits per heavy atom. The van der Waals surface area contributed by atoms with Crippen LogP contribution in [0.25, 0.3) is 11.1 Å². The van der Waals surface area contributed by atoms with Crippen molar-refractivity contribution in [2.24, 2.45) is 0 Å². The van der Waals surface area contributed by atoms with E-state index in [0.717, 1.165) is 54.8 Å². The first-order valence-electron chi connectivity index (χ1n) is 10.6. The smallest absolute Gasteiger partial charge is 0.342 e. The maximum Gasteiger partial charge on any atom is 0.417 e. The second-order valence-corrected chi connectivity index (χ2v) is 8.27. The summed E-state index contributed by atoms with van der Waals surface area (Å²) in [5.74, 6) is -0.754. The van der Waals surface area contributed by atoms with Gasteiger partial charge >= 0.3 is 6.18 Å². The summed E-state index contributed by atoms with van der Waals surface area (Å²) in [5.41, 5.74) is 1.13. The van der Waals surface area contributed by atoms with Crippen LogP contribution in [0.3, 0.4) is 0 Å². The molecule has 11 heteroatoms. The van der Waals surface area contributed by atoms with Crippen molar-refractivity contribution in [3.8, 4) is 11.1 Å². The van der Waals surface area contributed by atoms with Crippen molar-refractivity contribution in [1.82, 2.24) is 20.6 Å². The van der Waals surface area contributed by atoms with Gasteiger partial charge in [0.15, 0.2) is 0 Å². The number of halogens is 6. The number of pyridine rings is 2. The fraction of sp³-hybridized carbons (Fsp3) is 0.292. The predicted octanol–water partition coefficient (Wildman–Crippen LogP) is 6.27. The zero-order valence-electron chi connectivity index (χ0n) is 18.4. The first-order valence-corrected chi connectivity index (χ1v) is 11.0. The summed E-state index contributed by atoms with van der Waals surface area (Å²) in [4.78, 5) is 21.1. The minimum atomic E-state index is -4.68. The molecule has 0 radical (unpaired) electrons. The molecule has 1 aromatic carbocycles. The maximum atomic E-state index is 13.3. The standard InChI is InChI=1S/C24H22ClF3N4O.2ClH/c25-20-18(24(26,27)28)9-12-31-22(20)23(33)32-21(19-8-1-2-11-30-19)16-6-3-5-15(13-16)17-7-4-10-29-14-17;;/h3-7,9-10,12-14,19,21,30H,1-2,8,11H2,(H,32,33);2*1H/t19?,21-;;/m0../s1. The van der Waals surface area contributed by atoms with Crippen LogP contribution in [-0.2, 0) is 6.18 Å². The Morgan fingerprint density at radius 1 is 1.09 bits per heavy atom. The zero-order valence-corrected chi connectivity index (χ0v) is 20.8. The lowest BCUT2D eigenvalue weighted by Gasteiger charge is -2.32. The highest BCUT2D eigenvalue weighted by molar-refractivity contribution is 6.34. The van der Waals surface area contributed by atoms with Gasteiger partial charge in [0.1, 0.15) is 5.69 Å². The Hall–Kier alpha value is -2.39. The molecule has 5 nitrogen and oxygen atoms in total. The van der Waals surface area contributed by atoms with E-state index >= 15 is 0 Å². The molecule has 0 saturated carbocycles. The van der Waals surface area contributed by atoms with E-state index < -0.39 is 34.4 Å². The molecule has 188 valence electrons. The molecule has 1 fully saturated rings. The van der Waals surface area contributed by atoms with Crippen molar-refractivity contribution in [2.45, 2.75) is 37.5 Å². The van der Waals surface area contributed by atoms with E-state index in [-0.39, 0.29) is 30.9 Å². The molecule has 1 aliphatic rings. The van der Waals surface area contributed by atoms with Gasteiger partial charge in [0.05, 0.1) is 16.6 Å². The van der Waals surface area contributed by atoms with E-state index in [0.29, 0.717) is 0 Å². The fourth-order valence-corrected chi connectivity index (χ4v) is 4.36. The molecule has 1 unspecified atom stereocenters. The van der Waals surface area contributed by atoms with E-state index in [4.69, 9.17) is 11.6 Å². The summed E-state index contributed by atoms with van der Waals surface area (Å²) in [6.07, 6.45) is 2.51. The molecule has 1 aliphatic heterocycles. The highest BCUT2D eigenvalue weighted by Gasteiger charge is 2.36. The van der Waals surface area contributed by atoms with Crippen LogP contribution in [0, 0.1) is 0 Å². The Balaban J connectivity index is 0.00000216. The zero-order chi connectivity index (χ0) is 23.4. The molecule has 0 aliphatic carbocycles. The third-order valence-electron chi connectivity index (χ3n) is 5.69. The Morgan fingerprint density at radius 2 is 1.86 bits per heavy atom. The minimum absolute atomic E-state index is 0. The van der Waals surface area contributed by atoms with E-state index in [9.17, 15) is 18.0 Å². The van der Waals surface area contributed by atoms with E-state index in [1.807, 2.05) is 36.4 Å². The molecular weight excluding hydrogens is 524 g/mol. The molecule has 3 heterocycles. The van der Waals surface area contributed by atoms with Gasteiger partial charge in [0.25, 0.3) is 5.91 Å². The molecule has 2 N–H and O–H groups in total. The molecule has 2 aromatic heterocycles. The van der Waals surface area contributed by atoms with Gasteiger partial charge in [-0.2, -0.15) is 13.2 Å². The van der Waals surface area contributed by atoms with Crippen LogP contribution in [0.2, 0.25) is 5.02 Å². The summed E-state index contributed by atoms with van der Waals surface area (Å²) >= 11 is 5.94. The number of nitrogens with one attached hydrogen (secondary N) is 2. The van der Waals surface area contributed by atoms with Crippen LogP contribution in [0.1, 0.15) is 46.9 Å². The number of carbonyl (C=O) groups is 1. The van der Waals surface area contributed by atoms with Gasteiger partial charge in [0, 0.05) is 24.6 Å². The van der Waals surface area contributed by atoms with Crippen molar-refractivity contribution in [2.75, 3.05) is 6.54 Å². The molecule has 1 amide bonds. The van der Waals surface area contributed by atoms with Gasteiger partial charge in [0.2, 0.25) is 0 Å². The lowest BCUT2D eigenvalue weighted by molar-refractivity contribution is -0.137. The number of nitrogens with zero attached hydrogens (tertiary/aromatic N) is 2. The number of piperidine rings is 1. The van der Waals surface area contributed by atoms with Gasteiger partial charge in [-0.25, -0.2) is 4.98 Å². The second kappa shape index (κ2) is 12.5. The van der Waals surface area contributed by atoms with Crippen molar-refractivity contribution in [3.63, 3.8) is 0 Å². The quantitative estimate of drug-likeness (QED) is 0.395. The normalized spacial score (nSPS) is 16.4. The average molecular weight is 548 g/mol. The monoisotopic (exact) mass is 546 g/mol. The van der Waals surface area contributed by atoms with Gasteiger partial charge in [-0.15, -0.1) is 24.8 Å². The number of aromatic nitrogens is 2. The number of alkyl halides is 3. The number of benzene rings is 1. The van der Waals surface area contributed by atoms with Crippen molar-refractivity contribution >= 4 is 42.3 Å². The SMILES string of the molecule is Cl.Cl.O=C(N[C@@H](c1cccc(-c2cccnc2)c1)C1CCCCN1)c1nccc(C(F)(F)F)c1Cl. The first-order chi connectivity index (χ1) is 15.8. The largest absolute Gasteiger partial charge is 0.417 e. The molecule has 4 rings (SSSR count). The van der Waals surface area contributed by atoms with Gasteiger partial charge < -0.3 is 10.6 Å². The molecular formula is C24H24Cl3F3N4O. The number of hydrogen-bond acceptors (Lipinski definition) is 4. The van der Waals surface area contributed by atoms with E-state index in [1.54, 1.807) is 12.4 Å². The highest BCUT2D eigenvalue weighted by atomic mass is 35.5. The predicted molar refractivity (Wildman–Crippen MR) is 134 cm³/mol. The molecule has 35 heavy (non-hydrogen) atoms. The third kappa shape index (κ3) is 6.85. The second-order valence-electron chi connectivity index (χ2n) is 7.89. The van der Waals surface area contributed by atoms with Crippen LogP contribution in [0.4, 0.5) is 13.2 Å². The number of amides is 1. The van der Waals surface area contributed by atoms with E-state index in [1.165, 1.54) is 0 Å². The molecule has 0 spiro atoms. The van der Waals surface area contributed by atoms with Crippen molar-refractivity contribution in [1.29, 1.82) is 0 Å². The maximum absolute atomic E-state index is 13.3.